The monoisotopic (exact) mass is 418 g/mol. The predicted octanol–water partition coefficient (Wildman–Crippen LogP) is -0.248. The van der Waals surface area contributed by atoms with E-state index in [0.717, 1.165) is 0 Å². The van der Waals surface area contributed by atoms with Gasteiger partial charge in [-0.2, -0.15) is 0 Å². The van der Waals surface area contributed by atoms with Crippen LogP contribution in [0.1, 0.15) is 0 Å². The zero-order valence-corrected chi connectivity index (χ0v) is 10.1. The van der Waals surface area contributed by atoms with E-state index in [-0.39, 0.29) is 59.2 Å². The molecule has 0 radical (unpaired) electrons. The average Bonchev–Trinajstić information content (AvgIpc) is 0.918. The van der Waals surface area contributed by atoms with Gasteiger partial charge < -0.3 is 0 Å². The summed E-state index contributed by atoms with van der Waals surface area (Å²) in [6.07, 6.45) is 0. The van der Waals surface area contributed by atoms with E-state index in [1.807, 2.05) is 0 Å². The van der Waals surface area contributed by atoms with Crippen LogP contribution in [-0.2, 0) is 84.9 Å². The topological polar surface area (TPSA) is 34.1 Å². The summed E-state index contributed by atoms with van der Waals surface area (Å²) in [5.74, 6) is 0. The molecule has 0 rings (SSSR count). The number of hydrogen-bond acceptors (Lipinski definition) is 2. The zero-order valence-electron chi connectivity index (χ0n) is 2.49. The molecule has 0 spiro atoms. The summed E-state index contributed by atoms with van der Waals surface area (Å²) < 4.78 is 17.0. The molecule has 6 heavy (non-hydrogen) atoms. The van der Waals surface area contributed by atoms with Crippen molar-refractivity contribution in [3.05, 3.63) is 0 Å². The molecular formula is FeMoO2TiW. The van der Waals surface area contributed by atoms with Gasteiger partial charge in [-0.1, -0.05) is 0 Å². The van der Waals surface area contributed by atoms with Crippen LogP contribution < -0.4 is 0 Å². The van der Waals surface area contributed by atoms with Crippen molar-refractivity contribution in [1.29, 1.82) is 0 Å². The Morgan fingerprint density at radius 2 is 1.17 bits per heavy atom. The normalized spacial score (nSPS) is 1.33. The van der Waals surface area contributed by atoms with E-state index >= 15 is 0 Å². The van der Waals surface area contributed by atoms with Crippen molar-refractivity contribution in [3.8, 4) is 0 Å². The summed E-state index contributed by atoms with van der Waals surface area (Å²) in [6, 6.07) is 0. The zero-order chi connectivity index (χ0) is 2.71. The van der Waals surface area contributed by atoms with Crippen LogP contribution in [0.3, 0.4) is 0 Å². The molecule has 0 aromatic rings. The van der Waals surface area contributed by atoms with Crippen LogP contribution in [0.15, 0.2) is 0 Å². The summed E-state index contributed by atoms with van der Waals surface area (Å²) in [5, 5.41) is 0. The Morgan fingerprint density at radius 3 is 1.17 bits per heavy atom. The first-order valence-corrected chi connectivity index (χ1v) is 1.68. The van der Waals surface area contributed by atoms with E-state index in [2.05, 4.69) is 0 Å². The van der Waals surface area contributed by atoms with E-state index in [1.54, 1.807) is 0 Å². The third kappa shape index (κ3) is 34.5. The van der Waals surface area contributed by atoms with Crippen LogP contribution in [0.4, 0.5) is 0 Å². The molecule has 0 atom stereocenters. The molecule has 0 aliphatic carbocycles. The minimum absolute atomic E-state index is 0. The van der Waals surface area contributed by atoms with Gasteiger partial charge in [0.15, 0.2) is 0 Å². The first-order chi connectivity index (χ1) is 1.41. The maximum Gasteiger partial charge on any atom is 0 e. The Kier molecular flexibility index (Phi) is 108. The Labute approximate surface area is 83.8 Å². The molecule has 0 saturated carbocycles. The minimum atomic E-state index is -2.00. The molecule has 0 unspecified atom stereocenters. The summed E-state index contributed by atoms with van der Waals surface area (Å²) in [4.78, 5) is 0. The van der Waals surface area contributed by atoms with E-state index in [1.165, 1.54) is 0 Å². The van der Waals surface area contributed by atoms with Gasteiger partial charge >= 0.3 is 25.7 Å². The first-order valence-electron chi connectivity index (χ1n) is 0.408. The fraction of sp³-hybridized carbons (Fsp3) is 0. The fourth-order valence-corrected chi connectivity index (χ4v) is 0. The standard InChI is InChI=1S/Fe.Mo.2O.Ti.W. The molecule has 0 aromatic carbocycles. The molecule has 0 fully saturated rings. The van der Waals surface area contributed by atoms with Crippen LogP contribution >= 0.6 is 0 Å². The van der Waals surface area contributed by atoms with Crippen LogP contribution in [-0.4, -0.2) is 0 Å². The molecule has 2 nitrogen and oxygen atoms in total. The van der Waals surface area contributed by atoms with Gasteiger partial charge in [0.1, 0.15) is 0 Å². The van der Waals surface area contributed by atoms with Gasteiger partial charge in [0.25, 0.3) is 0 Å². The molecule has 0 saturated heterocycles. The van der Waals surface area contributed by atoms with Crippen molar-refractivity contribution in [2.24, 2.45) is 0 Å². The van der Waals surface area contributed by atoms with E-state index in [0.29, 0.717) is 0 Å². The van der Waals surface area contributed by atoms with Gasteiger partial charge in [0, 0.05) is 59.2 Å². The van der Waals surface area contributed by atoms with Crippen molar-refractivity contribution >= 4 is 0 Å². The molecule has 0 aliphatic heterocycles. The van der Waals surface area contributed by atoms with Gasteiger partial charge in [0.2, 0.25) is 0 Å². The SMILES string of the molecule is [Fe].[Mo].[O]=[Ti]=[O].[W]. The van der Waals surface area contributed by atoms with Crippen LogP contribution in [0, 0.1) is 0 Å². The Balaban J connectivity index is -0.00000000667. The molecule has 0 N–H and O–H groups in total. The Hall–Kier alpha value is 2.21. The van der Waals surface area contributed by atoms with Gasteiger partial charge in [-0.25, -0.2) is 0 Å². The minimum Gasteiger partial charge on any atom is 0 e. The molecular weight excluding hydrogens is 415 g/mol. The Bertz CT molecular complexity index is 34.5. The van der Waals surface area contributed by atoms with E-state index in [9.17, 15) is 0 Å². The van der Waals surface area contributed by atoms with Crippen molar-refractivity contribution in [2.75, 3.05) is 0 Å². The second-order valence-corrected chi connectivity index (χ2v) is 0.344. The second kappa shape index (κ2) is 27.0. The molecule has 0 aromatic heterocycles. The Morgan fingerprint density at radius 1 is 1.17 bits per heavy atom. The summed E-state index contributed by atoms with van der Waals surface area (Å²) in [5.41, 5.74) is 0. The first kappa shape index (κ1) is 24.1. The largest absolute Gasteiger partial charge is 0 e. The van der Waals surface area contributed by atoms with Gasteiger partial charge in [-0.05, 0) is 0 Å². The molecule has 6 heteroatoms. The molecule has 36 valence electrons. The summed E-state index contributed by atoms with van der Waals surface area (Å²) in [7, 11) is 0. The van der Waals surface area contributed by atoms with Crippen molar-refractivity contribution in [1.82, 2.24) is 0 Å². The molecule has 0 heterocycles. The second-order valence-electron chi connectivity index (χ2n) is 0.0833. The van der Waals surface area contributed by atoms with Crippen molar-refractivity contribution in [3.63, 3.8) is 0 Å². The maximum atomic E-state index is 8.50. The quantitative estimate of drug-likeness (QED) is 0.512. The van der Waals surface area contributed by atoms with Gasteiger partial charge in [-0.3, -0.25) is 0 Å². The van der Waals surface area contributed by atoms with Crippen molar-refractivity contribution < 1.29 is 84.9 Å². The van der Waals surface area contributed by atoms with Gasteiger partial charge in [0.05, 0.1) is 0 Å². The van der Waals surface area contributed by atoms with Gasteiger partial charge in [-0.15, -0.1) is 0 Å². The molecule has 0 bridgehead atoms. The van der Waals surface area contributed by atoms with E-state index in [4.69, 9.17) is 6.65 Å². The molecule has 0 amide bonds. The van der Waals surface area contributed by atoms with Crippen molar-refractivity contribution in [2.45, 2.75) is 0 Å². The predicted molar refractivity (Wildman–Crippen MR) is 1.37 cm³/mol. The number of hydrogen-bond donors (Lipinski definition) is 0. The third-order valence-electron chi connectivity index (χ3n) is 0. The third-order valence-corrected chi connectivity index (χ3v) is 0. The fourth-order valence-electron chi connectivity index (χ4n) is 0. The van der Waals surface area contributed by atoms with Crippen LogP contribution in [0.5, 0.6) is 0 Å². The number of rotatable bonds is 0. The van der Waals surface area contributed by atoms with E-state index < -0.39 is 19.1 Å². The summed E-state index contributed by atoms with van der Waals surface area (Å²) in [6.45, 7) is 0. The van der Waals surface area contributed by atoms with Crippen LogP contribution in [0.2, 0.25) is 0 Å². The smallest absolute Gasteiger partial charge is 0 e. The maximum absolute atomic E-state index is 8.50. The van der Waals surface area contributed by atoms with Crippen LogP contribution in [0.25, 0.3) is 0 Å². The average molecular weight is 415 g/mol. The molecule has 0 aliphatic rings. The summed E-state index contributed by atoms with van der Waals surface area (Å²) >= 11 is -2.00.